The van der Waals surface area contributed by atoms with Crippen LogP contribution in [0.2, 0.25) is 5.02 Å². The number of anilines is 1. The highest BCUT2D eigenvalue weighted by atomic mass is 35.5. The smallest absolute Gasteiger partial charge is 0.119 e. The lowest BCUT2D eigenvalue weighted by Gasteiger charge is -2.43. The quantitative estimate of drug-likeness (QED) is 0.172. The fraction of sp³-hybridized carbons (Fsp3) is 0.351. The van der Waals surface area contributed by atoms with Crippen LogP contribution >= 0.6 is 11.6 Å². The molecular formula is C37H43ClN2O2. The predicted octanol–water partition coefficient (Wildman–Crippen LogP) is 7.86. The summed E-state index contributed by atoms with van der Waals surface area (Å²) in [6, 6.07) is 35.1. The SMILES string of the molecule is CCCCOc1ccc([C@](O)(Cc2ccccc2)[C@H](CN2CCN(c3cc(Cl)ccc3C)CC2)c2ccccc2)cc1. The summed E-state index contributed by atoms with van der Waals surface area (Å²) < 4.78 is 5.96. The Bertz CT molecular complexity index is 1390. The highest BCUT2D eigenvalue weighted by Crippen LogP contribution is 2.41. The zero-order valence-electron chi connectivity index (χ0n) is 24.9. The molecule has 1 aliphatic rings. The summed E-state index contributed by atoms with van der Waals surface area (Å²) in [6.07, 6.45) is 2.64. The van der Waals surface area contributed by atoms with Crippen molar-refractivity contribution in [1.82, 2.24) is 4.90 Å². The Balaban J connectivity index is 1.43. The van der Waals surface area contributed by atoms with Crippen molar-refractivity contribution in [2.24, 2.45) is 0 Å². The van der Waals surface area contributed by atoms with Crippen molar-refractivity contribution < 1.29 is 9.84 Å². The second-order valence-corrected chi connectivity index (χ2v) is 11.9. The molecule has 0 spiro atoms. The molecular weight excluding hydrogens is 540 g/mol. The van der Waals surface area contributed by atoms with Gasteiger partial charge in [0.2, 0.25) is 0 Å². The maximum Gasteiger partial charge on any atom is 0.119 e. The zero-order chi connectivity index (χ0) is 29.4. The van der Waals surface area contributed by atoms with E-state index in [2.05, 4.69) is 96.4 Å². The van der Waals surface area contributed by atoms with Crippen LogP contribution in [0.25, 0.3) is 0 Å². The highest BCUT2D eigenvalue weighted by molar-refractivity contribution is 6.30. The van der Waals surface area contributed by atoms with Crippen LogP contribution in [0.5, 0.6) is 5.75 Å². The molecule has 0 unspecified atom stereocenters. The summed E-state index contributed by atoms with van der Waals surface area (Å²) in [5.74, 6) is 0.711. The van der Waals surface area contributed by atoms with Gasteiger partial charge in [-0.3, -0.25) is 4.90 Å². The van der Waals surface area contributed by atoms with Gasteiger partial charge in [-0.15, -0.1) is 0 Å². The summed E-state index contributed by atoms with van der Waals surface area (Å²) in [6.45, 7) is 9.45. The van der Waals surface area contributed by atoms with E-state index in [-0.39, 0.29) is 5.92 Å². The average molecular weight is 583 g/mol. The van der Waals surface area contributed by atoms with Gasteiger partial charge >= 0.3 is 0 Å². The minimum atomic E-state index is -1.12. The Labute approximate surface area is 256 Å². The largest absolute Gasteiger partial charge is 0.494 e. The van der Waals surface area contributed by atoms with E-state index in [4.69, 9.17) is 16.3 Å². The average Bonchev–Trinajstić information content (AvgIpc) is 3.02. The van der Waals surface area contributed by atoms with Gasteiger partial charge in [-0.2, -0.15) is 0 Å². The second kappa shape index (κ2) is 14.2. The minimum Gasteiger partial charge on any atom is -0.494 e. The molecule has 0 bridgehead atoms. The standard InChI is InChI=1S/C37H43ClN2O2/c1-3-4-25-42-34-19-16-32(17-20-34)37(41,27-30-11-7-5-8-12-30)35(31-13-9-6-10-14-31)28-39-21-23-40(24-22-39)36-26-33(38)18-15-29(36)2/h5-20,26,35,41H,3-4,21-25,27-28H2,1-2H3/t35-,37-/m1/s1. The third-order valence-corrected chi connectivity index (χ3v) is 8.78. The number of hydrogen-bond donors (Lipinski definition) is 1. The van der Waals surface area contributed by atoms with Crippen molar-refractivity contribution in [3.8, 4) is 5.75 Å². The van der Waals surface area contributed by atoms with Crippen LogP contribution in [0, 0.1) is 6.92 Å². The third kappa shape index (κ3) is 7.36. The van der Waals surface area contributed by atoms with E-state index < -0.39 is 5.60 Å². The van der Waals surface area contributed by atoms with Crippen LogP contribution in [0.15, 0.2) is 103 Å². The predicted molar refractivity (Wildman–Crippen MR) is 175 cm³/mol. The summed E-state index contributed by atoms with van der Waals surface area (Å²) >= 11 is 6.34. The number of benzene rings is 4. The van der Waals surface area contributed by atoms with Crippen molar-refractivity contribution in [3.63, 3.8) is 0 Å². The van der Waals surface area contributed by atoms with E-state index in [0.29, 0.717) is 13.0 Å². The van der Waals surface area contributed by atoms with Crippen LogP contribution in [0.3, 0.4) is 0 Å². The fourth-order valence-electron chi connectivity index (χ4n) is 6.08. The van der Waals surface area contributed by atoms with Gasteiger partial charge < -0.3 is 14.7 Å². The molecule has 2 atom stereocenters. The van der Waals surface area contributed by atoms with Crippen LogP contribution in [0.1, 0.15) is 47.9 Å². The van der Waals surface area contributed by atoms with E-state index >= 15 is 0 Å². The molecule has 1 aliphatic heterocycles. The number of unbranched alkanes of at least 4 members (excludes halogenated alkanes) is 1. The van der Waals surface area contributed by atoms with E-state index in [1.54, 1.807) is 0 Å². The molecule has 0 radical (unpaired) electrons. The van der Waals surface area contributed by atoms with Gasteiger partial charge in [0, 0.05) is 55.8 Å². The number of aryl methyl sites for hydroxylation is 1. The number of halogens is 1. The van der Waals surface area contributed by atoms with E-state index in [1.807, 2.05) is 30.3 Å². The molecule has 220 valence electrons. The molecule has 5 heteroatoms. The minimum absolute atomic E-state index is 0.134. The van der Waals surface area contributed by atoms with Crippen molar-refractivity contribution in [2.45, 2.75) is 44.6 Å². The molecule has 42 heavy (non-hydrogen) atoms. The summed E-state index contributed by atoms with van der Waals surface area (Å²) in [5.41, 5.74) is 4.51. The lowest BCUT2D eigenvalue weighted by atomic mass is 9.73. The third-order valence-electron chi connectivity index (χ3n) is 8.54. The number of ether oxygens (including phenoxy) is 1. The van der Waals surface area contributed by atoms with Gasteiger partial charge in [0.1, 0.15) is 11.4 Å². The first-order valence-corrected chi connectivity index (χ1v) is 15.6. The molecule has 4 aromatic carbocycles. The van der Waals surface area contributed by atoms with Crippen LogP contribution in [0.4, 0.5) is 5.69 Å². The molecule has 1 saturated heterocycles. The van der Waals surface area contributed by atoms with Gasteiger partial charge in [0.05, 0.1) is 6.61 Å². The van der Waals surface area contributed by atoms with Crippen molar-refractivity contribution in [3.05, 3.63) is 130 Å². The molecule has 1 heterocycles. The van der Waals surface area contributed by atoms with E-state index in [9.17, 15) is 5.11 Å². The molecule has 0 saturated carbocycles. The molecule has 5 rings (SSSR count). The topological polar surface area (TPSA) is 35.9 Å². The number of aliphatic hydroxyl groups is 1. The maximum atomic E-state index is 12.9. The molecule has 4 aromatic rings. The first-order valence-electron chi connectivity index (χ1n) is 15.2. The first-order chi connectivity index (χ1) is 20.5. The Kier molecular flexibility index (Phi) is 10.2. The van der Waals surface area contributed by atoms with E-state index in [1.165, 1.54) is 11.3 Å². The zero-order valence-corrected chi connectivity index (χ0v) is 25.6. The van der Waals surface area contributed by atoms with Crippen molar-refractivity contribution >= 4 is 17.3 Å². The number of hydrogen-bond acceptors (Lipinski definition) is 4. The van der Waals surface area contributed by atoms with Crippen LogP contribution in [-0.2, 0) is 12.0 Å². The van der Waals surface area contributed by atoms with Gasteiger partial charge in [0.15, 0.2) is 0 Å². The number of rotatable bonds is 12. The van der Waals surface area contributed by atoms with Crippen molar-refractivity contribution in [1.29, 1.82) is 0 Å². The van der Waals surface area contributed by atoms with Gasteiger partial charge in [-0.25, -0.2) is 0 Å². The highest BCUT2D eigenvalue weighted by Gasteiger charge is 2.41. The van der Waals surface area contributed by atoms with E-state index in [0.717, 1.165) is 73.0 Å². The first kappa shape index (κ1) is 30.2. The lowest BCUT2D eigenvalue weighted by Crippen LogP contribution is -2.50. The van der Waals surface area contributed by atoms with Gasteiger partial charge in [-0.1, -0.05) is 104 Å². The van der Waals surface area contributed by atoms with Gasteiger partial charge in [-0.05, 0) is 59.9 Å². The maximum absolute atomic E-state index is 12.9. The molecule has 0 aliphatic carbocycles. The van der Waals surface area contributed by atoms with Crippen LogP contribution < -0.4 is 9.64 Å². The molecule has 4 nitrogen and oxygen atoms in total. The Morgan fingerprint density at radius 3 is 2.19 bits per heavy atom. The summed E-state index contributed by atoms with van der Waals surface area (Å²) in [4.78, 5) is 4.94. The molecule has 0 aromatic heterocycles. The van der Waals surface area contributed by atoms with Gasteiger partial charge in [0.25, 0.3) is 0 Å². The number of piperazine rings is 1. The summed E-state index contributed by atoms with van der Waals surface area (Å²) in [7, 11) is 0. The van der Waals surface area contributed by atoms with Crippen molar-refractivity contribution in [2.75, 3.05) is 44.2 Å². The molecule has 1 N–H and O–H groups in total. The lowest BCUT2D eigenvalue weighted by molar-refractivity contribution is -0.00554. The number of nitrogens with zero attached hydrogens (tertiary/aromatic N) is 2. The molecule has 1 fully saturated rings. The Hall–Kier alpha value is -3.31. The fourth-order valence-corrected chi connectivity index (χ4v) is 6.24. The van der Waals surface area contributed by atoms with Crippen LogP contribution in [-0.4, -0.2) is 49.3 Å². The normalized spacial score (nSPS) is 16.1. The molecule has 0 amide bonds. The second-order valence-electron chi connectivity index (χ2n) is 11.5. The monoisotopic (exact) mass is 582 g/mol. The Morgan fingerprint density at radius 2 is 1.52 bits per heavy atom. The summed E-state index contributed by atoms with van der Waals surface area (Å²) in [5, 5.41) is 13.7. The Morgan fingerprint density at radius 1 is 0.857 bits per heavy atom.